The lowest BCUT2D eigenvalue weighted by molar-refractivity contribution is 0.489. The maximum absolute atomic E-state index is 12.0. The second-order valence-electron chi connectivity index (χ2n) is 4.69. The third-order valence-corrected chi connectivity index (χ3v) is 3.66. The number of aromatic nitrogens is 2. The van der Waals surface area contributed by atoms with Gasteiger partial charge in [0.2, 0.25) is 0 Å². The van der Waals surface area contributed by atoms with Crippen LogP contribution in [0.4, 0.5) is 0 Å². The minimum atomic E-state index is -3.61. The first kappa shape index (κ1) is 13.1. The molecule has 0 bridgehead atoms. The van der Waals surface area contributed by atoms with Gasteiger partial charge in [-0.15, -0.1) is 0 Å². The van der Waals surface area contributed by atoms with E-state index < -0.39 is 15.6 Å². The number of aromatic amines is 1. The molecule has 0 aromatic carbocycles. The van der Waals surface area contributed by atoms with Crippen molar-refractivity contribution in [1.29, 1.82) is 0 Å². The summed E-state index contributed by atoms with van der Waals surface area (Å²) in [6, 6.07) is 0. The highest BCUT2D eigenvalue weighted by atomic mass is 32.2. The summed E-state index contributed by atoms with van der Waals surface area (Å²) in [6.07, 6.45) is 0. The number of hydrogen-bond acceptors (Lipinski definition) is 4. The van der Waals surface area contributed by atoms with E-state index in [4.69, 9.17) is 5.73 Å². The van der Waals surface area contributed by atoms with Crippen LogP contribution in [0, 0.1) is 6.92 Å². The molecule has 1 rings (SSSR count). The number of rotatable bonds is 3. The Labute approximate surface area is 95.7 Å². The smallest absolute Gasteiger partial charge is 0.260 e. The van der Waals surface area contributed by atoms with E-state index in [2.05, 4.69) is 14.9 Å². The van der Waals surface area contributed by atoms with E-state index in [0.717, 1.165) is 0 Å². The van der Waals surface area contributed by atoms with Crippen molar-refractivity contribution in [3.63, 3.8) is 0 Å². The number of nitrogens with two attached hydrogens (primary N) is 1. The molecule has 0 saturated heterocycles. The number of nitrogens with zero attached hydrogens (tertiary/aromatic N) is 1. The topological polar surface area (TPSA) is 101 Å². The normalized spacial score (nSPS) is 13.1. The van der Waals surface area contributed by atoms with Crippen LogP contribution in [-0.4, -0.2) is 24.2 Å². The van der Waals surface area contributed by atoms with E-state index in [1.54, 1.807) is 27.7 Å². The van der Waals surface area contributed by atoms with E-state index in [-0.39, 0.29) is 11.6 Å². The highest BCUT2D eigenvalue weighted by Crippen LogP contribution is 2.17. The highest BCUT2D eigenvalue weighted by Gasteiger charge is 2.27. The number of hydrogen-bond donors (Lipinski definition) is 3. The van der Waals surface area contributed by atoms with Crippen LogP contribution in [0.3, 0.4) is 0 Å². The van der Waals surface area contributed by atoms with Gasteiger partial charge in [0.05, 0.1) is 0 Å². The summed E-state index contributed by atoms with van der Waals surface area (Å²) in [5, 5.41) is 6.41. The van der Waals surface area contributed by atoms with Crippen LogP contribution in [0.25, 0.3) is 0 Å². The molecule has 1 heterocycles. The summed E-state index contributed by atoms with van der Waals surface area (Å²) in [4.78, 5) is 0. The van der Waals surface area contributed by atoms with E-state index in [1.165, 1.54) is 0 Å². The molecule has 92 valence electrons. The Morgan fingerprint density at radius 1 is 1.44 bits per heavy atom. The average Bonchev–Trinajstić information content (AvgIpc) is 2.42. The van der Waals surface area contributed by atoms with Gasteiger partial charge in [-0.25, -0.2) is 13.1 Å². The van der Waals surface area contributed by atoms with Crippen LogP contribution in [0.2, 0.25) is 0 Å². The standard InChI is InChI=1S/C9H18N4O2S/c1-6-7(5-10)8(12-11-6)16(14,15)13-9(2,3)4/h13H,5,10H2,1-4H3,(H,11,12). The Morgan fingerprint density at radius 2 is 2.00 bits per heavy atom. The van der Waals surface area contributed by atoms with Gasteiger partial charge in [0, 0.05) is 23.3 Å². The molecule has 0 aliphatic carbocycles. The number of H-pyrrole nitrogens is 1. The lowest BCUT2D eigenvalue weighted by atomic mass is 10.1. The maximum Gasteiger partial charge on any atom is 0.260 e. The molecule has 0 amide bonds. The van der Waals surface area contributed by atoms with E-state index >= 15 is 0 Å². The molecule has 7 heteroatoms. The van der Waals surface area contributed by atoms with Crippen molar-refractivity contribution in [2.24, 2.45) is 5.73 Å². The molecule has 0 unspecified atom stereocenters. The predicted octanol–water partition coefficient (Wildman–Crippen LogP) is 0.254. The SMILES string of the molecule is Cc1[nH]nc(S(=O)(=O)NC(C)(C)C)c1CN. The number of aryl methyl sites for hydroxylation is 1. The quantitative estimate of drug-likeness (QED) is 0.711. The lowest BCUT2D eigenvalue weighted by Gasteiger charge is -2.19. The van der Waals surface area contributed by atoms with Crippen molar-refractivity contribution >= 4 is 10.0 Å². The van der Waals surface area contributed by atoms with Gasteiger partial charge in [-0.1, -0.05) is 0 Å². The molecule has 0 aliphatic heterocycles. The van der Waals surface area contributed by atoms with Crippen molar-refractivity contribution in [2.75, 3.05) is 0 Å². The molecule has 6 nitrogen and oxygen atoms in total. The minimum Gasteiger partial charge on any atom is -0.326 e. The Bertz CT molecular complexity index is 470. The number of sulfonamides is 1. The third kappa shape index (κ3) is 2.81. The van der Waals surface area contributed by atoms with Crippen LogP contribution in [-0.2, 0) is 16.6 Å². The van der Waals surface area contributed by atoms with Crippen molar-refractivity contribution in [2.45, 2.75) is 44.8 Å². The Balaban J connectivity index is 3.18. The van der Waals surface area contributed by atoms with Gasteiger partial charge in [0.25, 0.3) is 10.0 Å². The zero-order chi connectivity index (χ0) is 12.6. The second-order valence-corrected chi connectivity index (χ2v) is 6.29. The van der Waals surface area contributed by atoms with Gasteiger partial charge in [0.15, 0.2) is 5.03 Å². The lowest BCUT2D eigenvalue weighted by Crippen LogP contribution is -2.41. The largest absolute Gasteiger partial charge is 0.326 e. The summed E-state index contributed by atoms with van der Waals surface area (Å²) < 4.78 is 26.5. The molecule has 0 radical (unpaired) electrons. The molecule has 0 spiro atoms. The van der Waals surface area contributed by atoms with Gasteiger partial charge >= 0.3 is 0 Å². The molecule has 1 aromatic heterocycles. The Hall–Kier alpha value is -0.920. The first-order valence-corrected chi connectivity index (χ1v) is 6.43. The molecule has 0 atom stereocenters. The summed E-state index contributed by atoms with van der Waals surface area (Å²) >= 11 is 0. The fourth-order valence-corrected chi connectivity index (χ4v) is 2.97. The zero-order valence-electron chi connectivity index (χ0n) is 9.96. The van der Waals surface area contributed by atoms with Crippen LogP contribution in [0.15, 0.2) is 5.03 Å². The van der Waals surface area contributed by atoms with Gasteiger partial charge < -0.3 is 5.73 Å². The molecular formula is C9H18N4O2S. The van der Waals surface area contributed by atoms with Gasteiger partial charge in [0.1, 0.15) is 0 Å². The fourth-order valence-electron chi connectivity index (χ4n) is 1.34. The van der Waals surface area contributed by atoms with E-state index in [0.29, 0.717) is 11.3 Å². The average molecular weight is 246 g/mol. The molecule has 0 fully saturated rings. The monoisotopic (exact) mass is 246 g/mol. The van der Waals surface area contributed by atoms with Crippen LogP contribution < -0.4 is 10.5 Å². The Morgan fingerprint density at radius 3 is 2.44 bits per heavy atom. The Kier molecular flexibility index (Phi) is 3.41. The number of nitrogens with one attached hydrogen (secondary N) is 2. The van der Waals surface area contributed by atoms with Crippen molar-refractivity contribution in [3.8, 4) is 0 Å². The van der Waals surface area contributed by atoms with Crippen molar-refractivity contribution < 1.29 is 8.42 Å². The maximum atomic E-state index is 12.0. The molecule has 4 N–H and O–H groups in total. The van der Waals surface area contributed by atoms with Gasteiger partial charge in [-0.2, -0.15) is 5.10 Å². The zero-order valence-corrected chi connectivity index (χ0v) is 10.8. The van der Waals surface area contributed by atoms with Crippen LogP contribution in [0.1, 0.15) is 32.0 Å². The first-order chi connectivity index (χ1) is 7.17. The summed E-state index contributed by atoms with van der Waals surface area (Å²) in [6.45, 7) is 7.19. The summed E-state index contributed by atoms with van der Waals surface area (Å²) in [5.41, 5.74) is 6.16. The van der Waals surface area contributed by atoms with Crippen molar-refractivity contribution in [1.82, 2.24) is 14.9 Å². The first-order valence-electron chi connectivity index (χ1n) is 4.95. The third-order valence-electron chi connectivity index (χ3n) is 1.94. The molecule has 1 aromatic rings. The second kappa shape index (κ2) is 4.15. The van der Waals surface area contributed by atoms with E-state index in [1.807, 2.05) is 0 Å². The molecule has 0 saturated carbocycles. The van der Waals surface area contributed by atoms with E-state index in [9.17, 15) is 8.42 Å². The van der Waals surface area contributed by atoms with Gasteiger partial charge in [-0.05, 0) is 27.7 Å². The summed E-state index contributed by atoms with van der Waals surface area (Å²) in [7, 11) is -3.61. The molecular weight excluding hydrogens is 228 g/mol. The van der Waals surface area contributed by atoms with Crippen LogP contribution >= 0.6 is 0 Å². The fraction of sp³-hybridized carbons (Fsp3) is 0.667. The molecule has 0 aliphatic rings. The molecule has 16 heavy (non-hydrogen) atoms. The van der Waals surface area contributed by atoms with Crippen LogP contribution in [0.5, 0.6) is 0 Å². The summed E-state index contributed by atoms with van der Waals surface area (Å²) in [5.74, 6) is 0. The predicted molar refractivity (Wildman–Crippen MR) is 61.3 cm³/mol. The highest BCUT2D eigenvalue weighted by molar-refractivity contribution is 7.89. The van der Waals surface area contributed by atoms with Gasteiger partial charge in [-0.3, -0.25) is 5.10 Å². The van der Waals surface area contributed by atoms with Crippen molar-refractivity contribution in [3.05, 3.63) is 11.3 Å². The minimum absolute atomic E-state index is 0.0116.